The summed E-state index contributed by atoms with van der Waals surface area (Å²) in [6.45, 7) is 11.5. The third kappa shape index (κ3) is 2.73. The predicted octanol–water partition coefficient (Wildman–Crippen LogP) is 5.62. The smallest absolute Gasteiger partial charge is 0.136 e. The van der Waals surface area contributed by atoms with E-state index in [9.17, 15) is 9.90 Å². The van der Waals surface area contributed by atoms with Crippen LogP contribution in [-0.4, -0.2) is 16.5 Å². The molecule has 0 amide bonds. The Morgan fingerprint density at radius 2 is 1.58 bits per heavy atom. The monoisotopic (exact) mass is 360 g/mol. The molecule has 0 heterocycles. The molecule has 4 saturated carbocycles. The predicted molar refractivity (Wildman–Crippen MR) is 106 cm³/mol. The van der Waals surface area contributed by atoms with Crippen molar-refractivity contribution in [3.63, 3.8) is 0 Å². The molecule has 0 bridgehead atoms. The SMILES string of the molecule is CCC(=O)C1CCC2C3CC(C)(C)C4CC(C)(O)CCC4C3CCC12C. The second-order valence-corrected chi connectivity index (χ2v) is 11.6. The van der Waals surface area contributed by atoms with Crippen molar-refractivity contribution < 1.29 is 9.90 Å². The minimum Gasteiger partial charge on any atom is -0.390 e. The molecular weight excluding hydrogens is 320 g/mol. The fraction of sp³-hybridized carbons (Fsp3) is 0.958. The van der Waals surface area contributed by atoms with Crippen LogP contribution >= 0.6 is 0 Å². The number of ketones is 1. The van der Waals surface area contributed by atoms with Gasteiger partial charge in [0.1, 0.15) is 5.78 Å². The van der Waals surface area contributed by atoms with E-state index in [1.807, 2.05) is 6.92 Å². The molecule has 2 heteroatoms. The van der Waals surface area contributed by atoms with Gasteiger partial charge in [-0.2, -0.15) is 0 Å². The number of carbonyl (C=O) groups is 1. The maximum atomic E-state index is 12.6. The van der Waals surface area contributed by atoms with Gasteiger partial charge in [-0.15, -0.1) is 0 Å². The van der Waals surface area contributed by atoms with Crippen molar-refractivity contribution in [2.75, 3.05) is 0 Å². The van der Waals surface area contributed by atoms with Crippen LogP contribution in [0.4, 0.5) is 0 Å². The summed E-state index contributed by atoms with van der Waals surface area (Å²) in [6.07, 6.45) is 10.2. The lowest BCUT2D eigenvalue weighted by molar-refractivity contribution is -0.150. The second-order valence-electron chi connectivity index (χ2n) is 11.6. The number of rotatable bonds is 2. The first-order valence-electron chi connectivity index (χ1n) is 11.3. The van der Waals surface area contributed by atoms with Crippen LogP contribution in [0.15, 0.2) is 0 Å². The number of hydrogen-bond donors (Lipinski definition) is 1. The van der Waals surface area contributed by atoms with Gasteiger partial charge in [0.2, 0.25) is 0 Å². The lowest BCUT2D eigenvalue weighted by atomic mass is 9.44. The van der Waals surface area contributed by atoms with Gasteiger partial charge >= 0.3 is 0 Å². The van der Waals surface area contributed by atoms with Gasteiger partial charge in [0.05, 0.1) is 5.60 Å². The van der Waals surface area contributed by atoms with E-state index in [1.165, 1.54) is 32.1 Å². The van der Waals surface area contributed by atoms with E-state index < -0.39 is 5.60 Å². The highest BCUT2D eigenvalue weighted by atomic mass is 16.3. The molecule has 4 fully saturated rings. The highest BCUT2D eigenvalue weighted by Gasteiger charge is 2.61. The molecule has 0 aromatic carbocycles. The zero-order valence-corrected chi connectivity index (χ0v) is 17.7. The molecule has 0 aromatic heterocycles. The van der Waals surface area contributed by atoms with Crippen molar-refractivity contribution in [1.82, 2.24) is 0 Å². The Balaban J connectivity index is 1.63. The Hall–Kier alpha value is -0.370. The summed E-state index contributed by atoms with van der Waals surface area (Å²) in [5.41, 5.74) is 0.124. The van der Waals surface area contributed by atoms with E-state index >= 15 is 0 Å². The van der Waals surface area contributed by atoms with Gasteiger partial charge in [0.25, 0.3) is 0 Å². The summed E-state index contributed by atoms with van der Waals surface area (Å²) in [5, 5.41) is 10.7. The Morgan fingerprint density at radius 1 is 0.885 bits per heavy atom. The van der Waals surface area contributed by atoms with E-state index in [1.54, 1.807) is 0 Å². The zero-order valence-electron chi connectivity index (χ0n) is 17.7. The normalized spacial score (nSPS) is 52.7. The van der Waals surface area contributed by atoms with Crippen LogP contribution in [0, 0.1) is 46.3 Å². The van der Waals surface area contributed by atoms with Gasteiger partial charge in [0.15, 0.2) is 0 Å². The number of hydrogen-bond acceptors (Lipinski definition) is 2. The Labute approximate surface area is 160 Å². The van der Waals surface area contributed by atoms with Gasteiger partial charge in [0, 0.05) is 12.3 Å². The maximum Gasteiger partial charge on any atom is 0.136 e. The van der Waals surface area contributed by atoms with E-state index in [-0.39, 0.29) is 5.41 Å². The molecule has 0 radical (unpaired) electrons. The van der Waals surface area contributed by atoms with Gasteiger partial charge in [-0.25, -0.2) is 0 Å². The largest absolute Gasteiger partial charge is 0.390 e. The van der Waals surface area contributed by atoms with Crippen molar-refractivity contribution >= 4 is 5.78 Å². The average molecular weight is 361 g/mol. The summed E-state index contributed by atoms with van der Waals surface area (Å²) in [5.74, 6) is 4.73. The first-order chi connectivity index (χ1) is 12.1. The second kappa shape index (κ2) is 6.06. The van der Waals surface area contributed by atoms with Crippen LogP contribution in [-0.2, 0) is 4.79 Å². The quantitative estimate of drug-likeness (QED) is 0.694. The molecule has 4 rings (SSSR count). The molecule has 4 aliphatic carbocycles. The van der Waals surface area contributed by atoms with Crippen LogP contribution in [0.2, 0.25) is 0 Å². The fourth-order valence-corrected chi connectivity index (χ4v) is 8.45. The van der Waals surface area contributed by atoms with Crippen molar-refractivity contribution in [2.24, 2.45) is 46.3 Å². The highest BCUT2D eigenvalue weighted by molar-refractivity contribution is 5.81. The Morgan fingerprint density at radius 3 is 2.27 bits per heavy atom. The number of Topliss-reactive ketones (excluding diaryl/α,β-unsaturated/α-hetero) is 1. The highest BCUT2D eigenvalue weighted by Crippen LogP contribution is 2.67. The maximum absolute atomic E-state index is 12.6. The Bertz CT molecular complexity index is 577. The molecule has 0 saturated heterocycles. The summed E-state index contributed by atoms with van der Waals surface area (Å²) >= 11 is 0. The molecule has 26 heavy (non-hydrogen) atoms. The lowest BCUT2D eigenvalue weighted by Crippen LogP contribution is -2.55. The van der Waals surface area contributed by atoms with Crippen molar-refractivity contribution in [2.45, 2.75) is 98.0 Å². The fourth-order valence-electron chi connectivity index (χ4n) is 8.45. The van der Waals surface area contributed by atoms with Crippen molar-refractivity contribution in [1.29, 1.82) is 0 Å². The molecule has 2 nitrogen and oxygen atoms in total. The van der Waals surface area contributed by atoms with Crippen molar-refractivity contribution in [3.05, 3.63) is 0 Å². The lowest BCUT2D eigenvalue weighted by Gasteiger charge is -2.61. The average Bonchev–Trinajstić information content (AvgIpc) is 2.91. The summed E-state index contributed by atoms with van der Waals surface area (Å²) in [4.78, 5) is 12.6. The standard InChI is InChI=1S/C24H40O2/c1-6-21(25)19-8-7-18-17-13-22(2,3)20-14-23(4,26)11-9-16(20)15(17)10-12-24(18,19)5/h15-20,26H,6-14H2,1-5H3. The zero-order chi connectivity index (χ0) is 18.9. The van der Waals surface area contributed by atoms with Gasteiger partial charge in [-0.3, -0.25) is 4.79 Å². The van der Waals surface area contributed by atoms with E-state index in [4.69, 9.17) is 0 Å². The number of carbonyl (C=O) groups excluding carboxylic acids is 1. The molecule has 0 aromatic rings. The van der Waals surface area contributed by atoms with E-state index in [0.29, 0.717) is 29.5 Å². The summed E-state index contributed by atoms with van der Waals surface area (Å²) in [7, 11) is 0. The molecule has 4 aliphatic rings. The molecular formula is C24H40O2. The van der Waals surface area contributed by atoms with Crippen molar-refractivity contribution in [3.8, 4) is 0 Å². The molecule has 8 atom stereocenters. The topological polar surface area (TPSA) is 37.3 Å². The first-order valence-corrected chi connectivity index (χ1v) is 11.3. The molecule has 8 unspecified atom stereocenters. The van der Waals surface area contributed by atoms with Crippen LogP contribution in [0.5, 0.6) is 0 Å². The van der Waals surface area contributed by atoms with E-state index in [0.717, 1.165) is 42.9 Å². The molecule has 148 valence electrons. The minimum absolute atomic E-state index is 0.261. The number of aliphatic hydroxyl groups is 1. The van der Waals surface area contributed by atoms with Gasteiger partial charge in [-0.05, 0) is 98.7 Å². The van der Waals surface area contributed by atoms with Gasteiger partial charge < -0.3 is 5.11 Å². The van der Waals surface area contributed by atoms with Crippen LogP contribution in [0.25, 0.3) is 0 Å². The van der Waals surface area contributed by atoms with Crippen LogP contribution < -0.4 is 0 Å². The van der Waals surface area contributed by atoms with Crippen LogP contribution in [0.1, 0.15) is 92.4 Å². The minimum atomic E-state index is -0.458. The number of fused-ring (bicyclic) bond motifs is 5. The third-order valence-electron chi connectivity index (χ3n) is 9.74. The van der Waals surface area contributed by atoms with Gasteiger partial charge in [-0.1, -0.05) is 27.7 Å². The van der Waals surface area contributed by atoms with Crippen LogP contribution in [0.3, 0.4) is 0 Å². The molecule has 0 aliphatic heterocycles. The molecule has 0 spiro atoms. The summed E-state index contributed by atoms with van der Waals surface area (Å²) in [6, 6.07) is 0. The van der Waals surface area contributed by atoms with E-state index in [2.05, 4.69) is 27.7 Å². The first kappa shape index (κ1) is 19.0. The molecule has 1 N–H and O–H groups in total. The third-order valence-corrected chi connectivity index (χ3v) is 9.74. The summed E-state index contributed by atoms with van der Waals surface area (Å²) < 4.78 is 0. The Kier molecular flexibility index (Phi) is 4.42.